The molecule has 0 aliphatic carbocycles. The first-order valence-corrected chi connectivity index (χ1v) is 9.03. The third-order valence-electron chi connectivity index (χ3n) is 4.34. The lowest BCUT2D eigenvalue weighted by Gasteiger charge is -2.14. The van der Waals surface area contributed by atoms with E-state index in [4.69, 9.17) is 14.2 Å². The summed E-state index contributed by atoms with van der Waals surface area (Å²) in [5.41, 5.74) is 1.54. The first-order chi connectivity index (χ1) is 14.3. The number of nitrogens with one attached hydrogen (secondary N) is 1. The fraction of sp³-hybridized carbons (Fsp3) is 0.238. The first-order valence-electron chi connectivity index (χ1n) is 9.03. The predicted molar refractivity (Wildman–Crippen MR) is 109 cm³/mol. The summed E-state index contributed by atoms with van der Waals surface area (Å²) in [4.78, 5) is 41.0. The maximum atomic E-state index is 12.7. The molecule has 2 heterocycles. The minimum absolute atomic E-state index is 0.0798. The molecule has 3 aromatic rings. The summed E-state index contributed by atoms with van der Waals surface area (Å²) in [7, 11) is 2.87. The highest BCUT2D eigenvalue weighted by atomic mass is 16.5. The fourth-order valence-electron chi connectivity index (χ4n) is 3.00. The Bertz CT molecular complexity index is 1190. The van der Waals surface area contributed by atoms with E-state index in [1.807, 2.05) is 0 Å². The van der Waals surface area contributed by atoms with E-state index in [1.54, 1.807) is 25.1 Å². The molecule has 9 nitrogen and oxygen atoms in total. The van der Waals surface area contributed by atoms with E-state index in [-0.39, 0.29) is 29.3 Å². The zero-order valence-corrected chi connectivity index (χ0v) is 17.0. The van der Waals surface area contributed by atoms with Gasteiger partial charge in [-0.25, -0.2) is 9.78 Å². The van der Waals surface area contributed by atoms with Gasteiger partial charge in [-0.1, -0.05) is 6.07 Å². The molecule has 0 radical (unpaired) electrons. The maximum absolute atomic E-state index is 12.7. The molecule has 0 aliphatic heterocycles. The minimum Gasteiger partial charge on any atom is -0.493 e. The SMILES string of the molecule is COc1cc(NC(C)=O)c(C(=O)OCc2cc(=O)n3c(C)cccc3n2)cc1OC. The highest BCUT2D eigenvalue weighted by Gasteiger charge is 2.19. The number of pyridine rings is 1. The maximum Gasteiger partial charge on any atom is 0.340 e. The molecule has 1 amide bonds. The summed E-state index contributed by atoms with van der Waals surface area (Å²) in [5, 5.41) is 2.57. The van der Waals surface area contributed by atoms with Crippen LogP contribution in [0.1, 0.15) is 28.7 Å². The van der Waals surface area contributed by atoms with Gasteiger partial charge in [-0.2, -0.15) is 0 Å². The number of nitrogens with zero attached hydrogens (tertiary/aromatic N) is 2. The molecule has 30 heavy (non-hydrogen) atoms. The number of ether oxygens (including phenoxy) is 3. The molecule has 0 unspecified atom stereocenters. The van der Waals surface area contributed by atoms with Crippen molar-refractivity contribution in [2.24, 2.45) is 0 Å². The number of aryl methyl sites for hydroxylation is 1. The Morgan fingerprint density at radius 3 is 2.47 bits per heavy atom. The van der Waals surface area contributed by atoms with Crippen LogP contribution in [0.15, 0.2) is 41.2 Å². The van der Waals surface area contributed by atoms with Crippen LogP contribution in [0.2, 0.25) is 0 Å². The summed E-state index contributed by atoms with van der Waals surface area (Å²) >= 11 is 0. The summed E-state index contributed by atoms with van der Waals surface area (Å²) in [6, 6.07) is 9.49. The molecule has 3 rings (SSSR count). The van der Waals surface area contributed by atoms with Crippen molar-refractivity contribution in [3.05, 3.63) is 63.7 Å². The molecule has 2 aromatic heterocycles. The zero-order valence-electron chi connectivity index (χ0n) is 17.0. The Balaban J connectivity index is 1.90. The molecule has 0 atom stereocenters. The number of hydrogen-bond donors (Lipinski definition) is 1. The molecular formula is C21H21N3O6. The normalized spacial score (nSPS) is 10.5. The van der Waals surface area contributed by atoms with Crippen molar-refractivity contribution in [3.8, 4) is 11.5 Å². The number of aromatic nitrogens is 2. The largest absolute Gasteiger partial charge is 0.493 e. The fourth-order valence-corrected chi connectivity index (χ4v) is 3.00. The van der Waals surface area contributed by atoms with Gasteiger partial charge in [-0.15, -0.1) is 0 Å². The van der Waals surface area contributed by atoms with Crippen LogP contribution < -0.4 is 20.3 Å². The highest BCUT2D eigenvalue weighted by molar-refractivity contribution is 6.01. The molecule has 0 fully saturated rings. The summed E-state index contributed by atoms with van der Waals surface area (Å²) in [5.74, 6) is -0.435. The number of fused-ring (bicyclic) bond motifs is 1. The van der Waals surface area contributed by atoms with Crippen LogP contribution >= 0.6 is 0 Å². The number of anilines is 1. The molecular weight excluding hydrogens is 390 g/mol. The van der Waals surface area contributed by atoms with Crippen molar-refractivity contribution in [3.63, 3.8) is 0 Å². The topological polar surface area (TPSA) is 108 Å². The van der Waals surface area contributed by atoms with Gasteiger partial charge in [0.05, 0.1) is 31.2 Å². The number of carbonyl (C=O) groups excluding carboxylic acids is 2. The number of esters is 1. The van der Waals surface area contributed by atoms with E-state index in [9.17, 15) is 14.4 Å². The van der Waals surface area contributed by atoms with E-state index in [0.29, 0.717) is 22.8 Å². The Kier molecular flexibility index (Phi) is 6.01. The van der Waals surface area contributed by atoms with Crippen LogP contribution in [0.25, 0.3) is 5.65 Å². The van der Waals surface area contributed by atoms with Crippen molar-refractivity contribution in [1.29, 1.82) is 0 Å². The Morgan fingerprint density at radius 1 is 1.10 bits per heavy atom. The summed E-state index contributed by atoms with van der Waals surface area (Å²) in [6.45, 7) is 2.91. The number of hydrogen-bond acceptors (Lipinski definition) is 7. The third kappa shape index (κ3) is 4.24. The van der Waals surface area contributed by atoms with Crippen LogP contribution in [-0.2, 0) is 16.1 Å². The smallest absolute Gasteiger partial charge is 0.340 e. The average Bonchev–Trinajstić information content (AvgIpc) is 2.71. The number of benzene rings is 1. The lowest BCUT2D eigenvalue weighted by Crippen LogP contribution is -2.19. The van der Waals surface area contributed by atoms with Gasteiger partial charge in [0.15, 0.2) is 11.5 Å². The second kappa shape index (κ2) is 8.64. The highest BCUT2D eigenvalue weighted by Crippen LogP contribution is 2.33. The van der Waals surface area contributed by atoms with Gasteiger partial charge in [0, 0.05) is 30.8 Å². The number of rotatable bonds is 6. The Labute approximate surface area is 172 Å². The standard InChI is InChI=1S/C21H21N3O6/c1-12-6-5-7-19-23-14(8-20(26)24(12)19)11-30-21(27)15-9-17(28-3)18(29-4)10-16(15)22-13(2)25/h5-10H,11H2,1-4H3,(H,22,25). The molecule has 0 bridgehead atoms. The van der Waals surface area contributed by atoms with Crippen LogP contribution in [-0.4, -0.2) is 35.5 Å². The van der Waals surface area contributed by atoms with Crippen molar-refractivity contribution in [2.45, 2.75) is 20.5 Å². The molecule has 1 N–H and O–H groups in total. The quantitative estimate of drug-likeness (QED) is 0.620. The second-order valence-corrected chi connectivity index (χ2v) is 6.46. The lowest BCUT2D eigenvalue weighted by atomic mass is 10.1. The van der Waals surface area contributed by atoms with Crippen molar-refractivity contribution < 1.29 is 23.8 Å². The van der Waals surface area contributed by atoms with Crippen LogP contribution in [0.3, 0.4) is 0 Å². The number of methoxy groups -OCH3 is 2. The molecule has 156 valence electrons. The van der Waals surface area contributed by atoms with Gasteiger partial charge >= 0.3 is 5.97 Å². The predicted octanol–water partition coefficient (Wildman–Crippen LogP) is 2.34. The van der Waals surface area contributed by atoms with Gasteiger partial charge < -0.3 is 19.5 Å². The lowest BCUT2D eigenvalue weighted by molar-refractivity contribution is -0.114. The third-order valence-corrected chi connectivity index (χ3v) is 4.34. The van der Waals surface area contributed by atoms with E-state index < -0.39 is 5.97 Å². The first kappa shape index (κ1) is 20.8. The van der Waals surface area contributed by atoms with Crippen LogP contribution in [0.4, 0.5) is 5.69 Å². The van der Waals surface area contributed by atoms with Crippen LogP contribution in [0, 0.1) is 6.92 Å². The molecule has 9 heteroatoms. The number of amides is 1. The van der Waals surface area contributed by atoms with Crippen molar-refractivity contribution in [1.82, 2.24) is 9.38 Å². The monoisotopic (exact) mass is 411 g/mol. The summed E-state index contributed by atoms with van der Waals surface area (Å²) < 4.78 is 17.2. The molecule has 0 aliphatic rings. The zero-order chi connectivity index (χ0) is 21.8. The van der Waals surface area contributed by atoms with Crippen molar-refractivity contribution >= 4 is 23.2 Å². The Hall–Kier alpha value is -3.88. The minimum atomic E-state index is -0.717. The van der Waals surface area contributed by atoms with E-state index in [0.717, 1.165) is 5.69 Å². The van der Waals surface area contributed by atoms with Gasteiger partial charge in [-0.3, -0.25) is 14.0 Å². The van der Waals surface area contributed by atoms with E-state index in [2.05, 4.69) is 10.3 Å². The molecule has 1 aromatic carbocycles. The Morgan fingerprint density at radius 2 is 1.80 bits per heavy atom. The average molecular weight is 411 g/mol. The van der Waals surface area contributed by atoms with E-state index in [1.165, 1.54) is 43.7 Å². The molecule has 0 saturated heterocycles. The van der Waals surface area contributed by atoms with Gasteiger partial charge in [0.1, 0.15) is 12.3 Å². The van der Waals surface area contributed by atoms with Crippen molar-refractivity contribution in [2.75, 3.05) is 19.5 Å². The van der Waals surface area contributed by atoms with E-state index >= 15 is 0 Å². The summed E-state index contributed by atoms with van der Waals surface area (Å²) in [6.07, 6.45) is 0. The van der Waals surface area contributed by atoms with Gasteiger partial charge in [0.2, 0.25) is 5.91 Å². The number of carbonyl (C=O) groups is 2. The van der Waals surface area contributed by atoms with Gasteiger partial charge in [-0.05, 0) is 19.1 Å². The second-order valence-electron chi connectivity index (χ2n) is 6.46. The molecule has 0 saturated carbocycles. The van der Waals surface area contributed by atoms with Gasteiger partial charge in [0.25, 0.3) is 5.56 Å². The molecule has 0 spiro atoms. The van der Waals surface area contributed by atoms with Crippen LogP contribution in [0.5, 0.6) is 11.5 Å².